The maximum absolute atomic E-state index is 13.2. The molecular weight excluding hydrogens is 200 g/mol. The Morgan fingerprint density at radius 3 is 2.67 bits per heavy atom. The molecule has 0 heterocycles. The van der Waals surface area contributed by atoms with E-state index in [-0.39, 0.29) is 18.7 Å². The van der Waals surface area contributed by atoms with Gasteiger partial charge in [-0.05, 0) is 18.9 Å². The Bertz CT molecular complexity index is 364. The van der Waals surface area contributed by atoms with Crippen LogP contribution in [0.3, 0.4) is 0 Å². The van der Waals surface area contributed by atoms with E-state index in [1.165, 1.54) is 6.07 Å². The Labute approximate surface area is 86.9 Å². The zero-order valence-electron chi connectivity index (χ0n) is 8.26. The van der Waals surface area contributed by atoms with Crippen LogP contribution >= 0.6 is 0 Å². The van der Waals surface area contributed by atoms with Gasteiger partial charge in [0.2, 0.25) is 0 Å². The smallest absolute Gasteiger partial charge is 0.163 e. The molecular formula is C11H13F2NO. The molecule has 1 fully saturated rings. The van der Waals surface area contributed by atoms with Crippen LogP contribution < -0.4 is 5.32 Å². The molecule has 1 aliphatic carbocycles. The fraction of sp³-hybridized carbons (Fsp3) is 0.455. The van der Waals surface area contributed by atoms with Gasteiger partial charge in [0.25, 0.3) is 0 Å². The molecule has 0 aliphatic heterocycles. The van der Waals surface area contributed by atoms with Crippen molar-refractivity contribution in [2.75, 3.05) is 6.61 Å². The SMILES string of the molecule is OCC1(NCc2cccc(F)c2F)CC1. The van der Waals surface area contributed by atoms with E-state index < -0.39 is 11.6 Å². The van der Waals surface area contributed by atoms with Crippen molar-refractivity contribution in [3.8, 4) is 0 Å². The van der Waals surface area contributed by atoms with Crippen molar-refractivity contribution >= 4 is 0 Å². The molecule has 1 aromatic carbocycles. The molecule has 4 heteroatoms. The first-order chi connectivity index (χ1) is 7.17. The summed E-state index contributed by atoms with van der Waals surface area (Å²) in [5.74, 6) is -1.64. The topological polar surface area (TPSA) is 32.3 Å². The van der Waals surface area contributed by atoms with Gasteiger partial charge in [-0.25, -0.2) is 8.78 Å². The summed E-state index contributed by atoms with van der Waals surface area (Å²) in [6.45, 7) is 0.300. The lowest BCUT2D eigenvalue weighted by Crippen LogP contribution is -2.34. The standard InChI is InChI=1S/C11H13F2NO/c12-9-3-1-2-8(10(9)13)6-14-11(7-15)4-5-11/h1-3,14-15H,4-7H2. The van der Waals surface area contributed by atoms with Crippen molar-refractivity contribution in [3.63, 3.8) is 0 Å². The van der Waals surface area contributed by atoms with E-state index in [0.717, 1.165) is 18.9 Å². The van der Waals surface area contributed by atoms with Crippen molar-refractivity contribution < 1.29 is 13.9 Å². The zero-order valence-corrected chi connectivity index (χ0v) is 8.26. The molecule has 0 aromatic heterocycles. The minimum Gasteiger partial charge on any atom is -0.394 e. The van der Waals surface area contributed by atoms with Gasteiger partial charge in [0.1, 0.15) is 0 Å². The monoisotopic (exact) mass is 213 g/mol. The van der Waals surface area contributed by atoms with Gasteiger partial charge in [0.05, 0.1) is 6.61 Å². The van der Waals surface area contributed by atoms with Gasteiger partial charge in [-0.3, -0.25) is 0 Å². The van der Waals surface area contributed by atoms with E-state index in [1.54, 1.807) is 6.07 Å². The number of nitrogens with one attached hydrogen (secondary N) is 1. The predicted octanol–water partition coefficient (Wildman–Crippen LogP) is 1.58. The van der Waals surface area contributed by atoms with Gasteiger partial charge in [0, 0.05) is 17.6 Å². The lowest BCUT2D eigenvalue weighted by molar-refractivity contribution is 0.229. The van der Waals surface area contributed by atoms with Crippen molar-refractivity contribution in [2.45, 2.75) is 24.9 Å². The third-order valence-corrected chi connectivity index (χ3v) is 2.84. The van der Waals surface area contributed by atoms with E-state index in [1.807, 2.05) is 0 Å². The molecule has 1 aliphatic rings. The summed E-state index contributed by atoms with van der Waals surface area (Å²) in [7, 11) is 0. The Balaban J connectivity index is 2.02. The number of halogens is 2. The molecule has 15 heavy (non-hydrogen) atoms. The maximum atomic E-state index is 13.2. The molecule has 0 atom stereocenters. The van der Waals surface area contributed by atoms with Crippen LogP contribution in [-0.4, -0.2) is 17.3 Å². The zero-order chi connectivity index (χ0) is 10.9. The van der Waals surface area contributed by atoms with Gasteiger partial charge < -0.3 is 10.4 Å². The molecule has 0 bridgehead atoms. The van der Waals surface area contributed by atoms with Crippen LogP contribution in [0.5, 0.6) is 0 Å². The van der Waals surface area contributed by atoms with E-state index in [2.05, 4.69) is 5.32 Å². The molecule has 2 nitrogen and oxygen atoms in total. The van der Waals surface area contributed by atoms with Gasteiger partial charge in [0.15, 0.2) is 11.6 Å². The van der Waals surface area contributed by atoms with E-state index >= 15 is 0 Å². The second kappa shape index (κ2) is 3.87. The average molecular weight is 213 g/mol. The molecule has 0 amide bonds. The molecule has 2 rings (SSSR count). The molecule has 1 aromatic rings. The lowest BCUT2D eigenvalue weighted by atomic mass is 10.2. The number of aliphatic hydroxyl groups is 1. The fourth-order valence-electron chi connectivity index (χ4n) is 1.51. The van der Waals surface area contributed by atoms with Crippen LogP contribution in [0.4, 0.5) is 8.78 Å². The minimum atomic E-state index is -0.830. The van der Waals surface area contributed by atoms with Crippen LogP contribution in [-0.2, 0) is 6.54 Å². The largest absolute Gasteiger partial charge is 0.394 e. The highest BCUT2D eigenvalue weighted by atomic mass is 19.2. The number of rotatable bonds is 4. The summed E-state index contributed by atoms with van der Waals surface area (Å²) in [6.07, 6.45) is 1.78. The summed E-state index contributed by atoms with van der Waals surface area (Å²) >= 11 is 0. The fourth-order valence-corrected chi connectivity index (χ4v) is 1.51. The van der Waals surface area contributed by atoms with Gasteiger partial charge in [-0.1, -0.05) is 12.1 Å². The van der Waals surface area contributed by atoms with Gasteiger partial charge in [-0.2, -0.15) is 0 Å². The average Bonchev–Trinajstić information content (AvgIpc) is 3.01. The van der Waals surface area contributed by atoms with Crippen LogP contribution in [0.15, 0.2) is 18.2 Å². The molecule has 1 saturated carbocycles. The molecule has 0 spiro atoms. The molecule has 2 N–H and O–H groups in total. The highest BCUT2D eigenvalue weighted by Crippen LogP contribution is 2.34. The van der Waals surface area contributed by atoms with Gasteiger partial charge in [-0.15, -0.1) is 0 Å². The second-order valence-corrected chi connectivity index (χ2v) is 4.00. The predicted molar refractivity (Wildman–Crippen MR) is 52.2 cm³/mol. The van der Waals surface area contributed by atoms with Crippen LogP contribution in [0.2, 0.25) is 0 Å². The molecule has 82 valence electrons. The van der Waals surface area contributed by atoms with Gasteiger partial charge >= 0.3 is 0 Å². The Morgan fingerprint density at radius 1 is 1.33 bits per heavy atom. The highest BCUT2D eigenvalue weighted by Gasteiger charge is 2.41. The van der Waals surface area contributed by atoms with E-state index in [4.69, 9.17) is 5.11 Å². The first-order valence-corrected chi connectivity index (χ1v) is 4.96. The minimum absolute atomic E-state index is 0.0456. The van der Waals surface area contributed by atoms with Crippen molar-refractivity contribution in [2.24, 2.45) is 0 Å². The summed E-state index contributed by atoms with van der Waals surface area (Å²) in [6, 6.07) is 4.12. The molecule has 0 unspecified atom stereocenters. The summed E-state index contributed by atoms with van der Waals surface area (Å²) < 4.78 is 26.1. The lowest BCUT2D eigenvalue weighted by Gasteiger charge is -2.14. The van der Waals surface area contributed by atoms with Crippen LogP contribution in [0.1, 0.15) is 18.4 Å². The Morgan fingerprint density at radius 2 is 2.07 bits per heavy atom. The normalized spacial score (nSPS) is 17.8. The highest BCUT2D eigenvalue weighted by molar-refractivity contribution is 5.19. The Kier molecular flexibility index (Phi) is 2.71. The third kappa shape index (κ3) is 2.16. The number of hydrogen-bond donors (Lipinski definition) is 2. The second-order valence-electron chi connectivity index (χ2n) is 4.00. The van der Waals surface area contributed by atoms with Crippen molar-refractivity contribution in [1.29, 1.82) is 0 Å². The number of hydrogen-bond acceptors (Lipinski definition) is 2. The quantitative estimate of drug-likeness (QED) is 0.795. The summed E-state index contributed by atoms with van der Waals surface area (Å²) in [5.41, 5.74) is 0.0494. The first-order valence-electron chi connectivity index (χ1n) is 4.96. The first kappa shape index (κ1) is 10.5. The van der Waals surface area contributed by atoms with E-state index in [9.17, 15) is 8.78 Å². The van der Waals surface area contributed by atoms with Crippen LogP contribution in [0, 0.1) is 11.6 Å². The Hall–Kier alpha value is -1.00. The molecule has 0 radical (unpaired) electrons. The van der Waals surface area contributed by atoms with Crippen LogP contribution in [0.25, 0.3) is 0 Å². The summed E-state index contributed by atoms with van der Waals surface area (Å²) in [4.78, 5) is 0. The van der Waals surface area contributed by atoms with Crippen molar-refractivity contribution in [3.05, 3.63) is 35.4 Å². The molecule has 0 saturated heterocycles. The number of aliphatic hydroxyl groups excluding tert-OH is 1. The maximum Gasteiger partial charge on any atom is 0.163 e. The number of benzene rings is 1. The van der Waals surface area contributed by atoms with E-state index in [0.29, 0.717) is 5.56 Å². The summed E-state index contributed by atoms with van der Waals surface area (Å²) in [5, 5.41) is 12.1. The van der Waals surface area contributed by atoms with Crippen molar-refractivity contribution in [1.82, 2.24) is 5.32 Å². The third-order valence-electron chi connectivity index (χ3n) is 2.84.